The Kier molecular flexibility index (Phi) is 2.91. The van der Waals surface area contributed by atoms with Crippen LogP contribution in [-0.4, -0.2) is 34.7 Å². The van der Waals surface area contributed by atoms with Gasteiger partial charge in [-0.15, -0.1) is 0 Å². The highest BCUT2D eigenvalue weighted by molar-refractivity contribution is 5.79. The first-order chi connectivity index (χ1) is 8.57. The van der Waals surface area contributed by atoms with Crippen LogP contribution >= 0.6 is 0 Å². The van der Waals surface area contributed by atoms with Crippen LogP contribution in [0.2, 0.25) is 0 Å². The highest BCUT2D eigenvalue weighted by atomic mass is 19.4. The minimum Gasteiger partial charge on any atom is -0.313 e. The van der Waals surface area contributed by atoms with E-state index in [1.807, 2.05) is 0 Å². The Hall–Kier alpha value is -1.21. The minimum atomic E-state index is -5.56. The molecule has 19 heavy (non-hydrogen) atoms. The van der Waals surface area contributed by atoms with Crippen molar-refractivity contribution in [2.24, 2.45) is 5.92 Å². The van der Waals surface area contributed by atoms with Crippen LogP contribution in [-0.2, 0) is 4.79 Å². The molecule has 8 heteroatoms. The number of nitrogens with zero attached hydrogens (tertiary/aromatic N) is 1. The second-order valence-electron chi connectivity index (χ2n) is 4.67. The summed E-state index contributed by atoms with van der Waals surface area (Å²) in [5.74, 6) is -2.89. The molecule has 1 saturated heterocycles. The van der Waals surface area contributed by atoms with E-state index in [1.54, 1.807) is 0 Å². The molecule has 0 spiro atoms. The third kappa shape index (κ3) is 1.61. The van der Waals surface area contributed by atoms with Crippen molar-refractivity contribution >= 4 is 5.91 Å². The molecule has 0 unspecified atom stereocenters. The van der Waals surface area contributed by atoms with Crippen molar-refractivity contribution in [3.63, 3.8) is 0 Å². The van der Waals surface area contributed by atoms with Crippen LogP contribution in [0.4, 0.5) is 26.3 Å². The second kappa shape index (κ2) is 3.89. The van der Waals surface area contributed by atoms with E-state index in [1.165, 1.54) is 13.0 Å². The Morgan fingerprint density at radius 1 is 1.21 bits per heavy atom. The summed E-state index contributed by atoms with van der Waals surface area (Å²) in [7, 11) is 0. The zero-order chi connectivity index (χ0) is 14.6. The standard InChI is InChI=1S/C11H11F6NO/c1-2-8(19)18-7-4-3-6(5-7)9(18,10(12,13)14)11(15,16)17/h3-4,6-7H,2,5H2,1H3/t6-,7-/m0/s1. The largest absolute Gasteiger partial charge is 0.421 e. The van der Waals surface area contributed by atoms with Gasteiger partial charge in [-0.2, -0.15) is 26.3 Å². The SMILES string of the molecule is CCC(=O)N1[C@H]2C=C[C@@H](C2)C1(C(F)(F)F)C(F)(F)F. The third-order valence-electron chi connectivity index (χ3n) is 3.74. The van der Waals surface area contributed by atoms with Gasteiger partial charge in [0.25, 0.3) is 0 Å². The van der Waals surface area contributed by atoms with Crippen molar-refractivity contribution in [3.05, 3.63) is 12.2 Å². The van der Waals surface area contributed by atoms with Gasteiger partial charge in [-0.1, -0.05) is 19.1 Å². The van der Waals surface area contributed by atoms with E-state index in [-0.39, 0.29) is 11.3 Å². The molecule has 2 bridgehead atoms. The first kappa shape index (κ1) is 14.2. The van der Waals surface area contributed by atoms with Crippen molar-refractivity contribution < 1.29 is 31.1 Å². The molecule has 0 aromatic rings. The fourth-order valence-corrected chi connectivity index (χ4v) is 3.03. The number of rotatable bonds is 1. The summed E-state index contributed by atoms with van der Waals surface area (Å²) in [5, 5.41) is 0. The number of fused-ring (bicyclic) bond motifs is 2. The summed E-state index contributed by atoms with van der Waals surface area (Å²) in [5.41, 5.74) is -4.08. The van der Waals surface area contributed by atoms with Gasteiger partial charge in [-0.3, -0.25) is 4.79 Å². The molecular formula is C11H11F6NO. The van der Waals surface area contributed by atoms with Crippen molar-refractivity contribution in [2.75, 3.05) is 0 Å². The molecular weight excluding hydrogens is 276 g/mol. The van der Waals surface area contributed by atoms with Gasteiger partial charge in [-0.25, -0.2) is 0 Å². The Bertz CT molecular complexity index is 410. The van der Waals surface area contributed by atoms with E-state index in [0.29, 0.717) is 0 Å². The molecule has 0 N–H and O–H groups in total. The molecule has 108 valence electrons. The summed E-state index contributed by atoms with van der Waals surface area (Å²) in [6.45, 7) is 1.25. The van der Waals surface area contributed by atoms with E-state index in [4.69, 9.17) is 0 Å². The maximum absolute atomic E-state index is 13.2. The predicted molar refractivity (Wildman–Crippen MR) is 53.0 cm³/mol. The van der Waals surface area contributed by atoms with Gasteiger partial charge in [0, 0.05) is 12.3 Å². The van der Waals surface area contributed by atoms with Crippen LogP contribution in [0.15, 0.2) is 12.2 Å². The van der Waals surface area contributed by atoms with Crippen LogP contribution in [0.1, 0.15) is 19.8 Å². The lowest BCUT2D eigenvalue weighted by molar-refractivity contribution is -0.339. The van der Waals surface area contributed by atoms with Gasteiger partial charge in [0.1, 0.15) is 0 Å². The lowest BCUT2D eigenvalue weighted by atomic mass is 9.83. The Morgan fingerprint density at radius 3 is 2.16 bits per heavy atom. The van der Waals surface area contributed by atoms with Crippen molar-refractivity contribution in [2.45, 2.75) is 43.7 Å². The molecule has 2 rings (SSSR count). The van der Waals surface area contributed by atoms with E-state index in [0.717, 1.165) is 6.08 Å². The average molecular weight is 287 g/mol. The van der Waals surface area contributed by atoms with Gasteiger partial charge in [-0.05, 0) is 6.42 Å². The summed E-state index contributed by atoms with van der Waals surface area (Å²) < 4.78 is 79.0. The molecule has 2 aliphatic rings. The van der Waals surface area contributed by atoms with Gasteiger partial charge >= 0.3 is 12.4 Å². The monoisotopic (exact) mass is 287 g/mol. The zero-order valence-electron chi connectivity index (χ0n) is 9.85. The summed E-state index contributed by atoms with van der Waals surface area (Å²) in [4.78, 5) is 11.6. The van der Waals surface area contributed by atoms with Gasteiger partial charge < -0.3 is 4.90 Å². The van der Waals surface area contributed by atoms with E-state index < -0.39 is 42.2 Å². The number of amides is 1. The average Bonchev–Trinajstić information content (AvgIpc) is 2.83. The Morgan fingerprint density at radius 2 is 1.74 bits per heavy atom. The van der Waals surface area contributed by atoms with E-state index in [2.05, 4.69) is 0 Å². The molecule has 1 aliphatic carbocycles. The van der Waals surface area contributed by atoms with Crippen molar-refractivity contribution in [1.82, 2.24) is 4.90 Å². The quantitative estimate of drug-likeness (QED) is 0.536. The number of halogens is 6. The van der Waals surface area contributed by atoms with Crippen LogP contribution < -0.4 is 0 Å². The van der Waals surface area contributed by atoms with E-state index >= 15 is 0 Å². The molecule has 2 nitrogen and oxygen atoms in total. The predicted octanol–water partition coefficient (Wildman–Crippen LogP) is 3.05. The zero-order valence-corrected chi connectivity index (χ0v) is 9.85. The Balaban J connectivity index is 2.64. The third-order valence-corrected chi connectivity index (χ3v) is 3.74. The van der Waals surface area contributed by atoms with Crippen molar-refractivity contribution in [1.29, 1.82) is 0 Å². The number of alkyl halides is 6. The Labute approximate surface area is 105 Å². The topological polar surface area (TPSA) is 20.3 Å². The maximum Gasteiger partial charge on any atom is 0.421 e. The van der Waals surface area contributed by atoms with Gasteiger partial charge in [0.05, 0.1) is 6.04 Å². The molecule has 0 aromatic carbocycles. The summed E-state index contributed by atoms with van der Waals surface area (Å²) >= 11 is 0. The molecule has 1 fully saturated rings. The molecule has 1 amide bonds. The lowest BCUT2D eigenvalue weighted by Gasteiger charge is -2.46. The number of likely N-dealkylation sites (tertiary alicyclic amines) is 1. The molecule has 1 aliphatic heterocycles. The van der Waals surface area contributed by atoms with Gasteiger partial charge in [0.2, 0.25) is 11.4 Å². The summed E-state index contributed by atoms with van der Waals surface area (Å²) in [6, 6.07) is -1.12. The number of hydrogen-bond donors (Lipinski definition) is 0. The lowest BCUT2D eigenvalue weighted by Crippen LogP contribution is -2.70. The number of carbonyl (C=O) groups excluding carboxylic acids is 1. The van der Waals surface area contributed by atoms with Crippen molar-refractivity contribution in [3.8, 4) is 0 Å². The second-order valence-corrected chi connectivity index (χ2v) is 4.67. The maximum atomic E-state index is 13.2. The van der Waals surface area contributed by atoms with E-state index in [9.17, 15) is 31.1 Å². The summed E-state index contributed by atoms with van der Waals surface area (Å²) in [6.07, 6.45) is -9.67. The van der Waals surface area contributed by atoms with Crippen LogP contribution in [0.5, 0.6) is 0 Å². The normalized spacial score (nSPS) is 29.1. The fourth-order valence-electron chi connectivity index (χ4n) is 3.03. The van der Waals surface area contributed by atoms with Crippen LogP contribution in [0, 0.1) is 5.92 Å². The molecule has 0 aromatic heterocycles. The molecule has 0 radical (unpaired) electrons. The van der Waals surface area contributed by atoms with Gasteiger partial charge in [0.15, 0.2) is 0 Å². The fraction of sp³-hybridized carbons (Fsp3) is 0.727. The molecule has 1 heterocycles. The highest BCUT2D eigenvalue weighted by Crippen LogP contribution is 2.60. The number of carbonyl (C=O) groups is 1. The molecule has 2 atom stereocenters. The number of hydrogen-bond acceptors (Lipinski definition) is 1. The molecule has 0 saturated carbocycles. The first-order valence-corrected chi connectivity index (χ1v) is 5.71. The first-order valence-electron chi connectivity index (χ1n) is 5.71. The minimum absolute atomic E-state index is 0.0162. The van der Waals surface area contributed by atoms with Crippen LogP contribution in [0.25, 0.3) is 0 Å². The highest BCUT2D eigenvalue weighted by Gasteiger charge is 2.81. The van der Waals surface area contributed by atoms with Crippen LogP contribution in [0.3, 0.4) is 0 Å². The smallest absolute Gasteiger partial charge is 0.313 e.